The van der Waals surface area contributed by atoms with E-state index in [9.17, 15) is 18.0 Å². The fourth-order valence-electron chi connectivity index (χ4n) is 2.41. The quantitative estimate of drug-likeness (QED) is 0.604. The van der Waals surface area contributed by atoms with Crippen LogP contribution in [0.3, 0.4) is 0 Å². The van der Waals surface area contributed by atoms with E-state index in [2.05, 4.69) is 10.1 Å². The van der Waals surface area contributed by atoms with Gasteiger partial charge in [-0.2, -0.15) is 8.78 Å². The molecule has 0 atom stereocenters. The highest BCUT2D eigenvalue weighted by Crippen LogP contribution is 2.28. The normalized spacial score (nSPS) is 10.8. The Morgan fingerprint density at radius 1 is 1.14 bits per heavy atom. The van der Waals surface area contributed by atoms with E-state index in [-0.39, 0.29) is 18.1 Å². The number of furan rings is 1. The Kier molecular flexibility index (Phi) is 5.88. The van der Waals surface area contributed by atoms with Crippen molar-refractivity contribution < 1.29 is 31.9 Å². The Bertz CT molecular complexity index is 972. The average molecular weight is 391 g/mol. The standard InChI is InChI=1S/C20H16F3NO4/c1-12-3-2-4-14(9-12)26-11-15-6-8-17(27-15)19(25)24-16-7-5-13(21)10-18(16)28-20(22)23/h2-10,20H,11H2,1H3,(H,24,25). The third-order valence-electron chi connectivity index (χ3n) is 3.66. The molecule has 0 aliphatic heterocycles. The number of carbonyl (C=O) groups is 1. The summed E-state index contributed by atoms with van der Waals surface area (Å²) in [6.07, 6.45) is 0. The lowest BCUT2D eigenvalue weighted by atomic mass is 10.2. The van der Waals surface area contributed by atoms with Crippen LogP contribution in [0.5, 0.6) is 11.5 Å². The molecule has 3 aromatic rings. The number of amides is 1. The zero-order valence-electron chi connectivity index (χ0n) is 14.7. The maximum atomic E-state index is 13.2. The molecule has 0 aliphatic carbocycles. The molecule has 0 unspecified atom stereocenters. The fraction of sp³-hybridized carbons (Fsp3) is 0.150. The Morgan fingerprint density at radius 2 is 1.96 bits per heavy atom. The summed E-state index contributed by atoms with van der Waals surface area (Å²) in [6.45, 7) is -1.12. The van der Waals surface area contributed by atoms with E-state index in [1.807, 2.05) is 25.1 Å². The molecule has 5 nitrogen and oxygen atoms in total. The Morgan fingerprint density at radius 3 is 2.71 bits per heavy atom. The predicted octanol–water partition coefficient (Wildman–Crippen LogP) is 5.16. The largest absolute Gasteiger partial charge is 0.486 e. The molecule has 2 aromatic carbocycles. The summed E-state index contributed by atoms with van der Waals surface area (Å²) in [6, 6.07) is 13.3. The number of benzene rings is 2. The van der Waals surface area contributed by atoms with Crippen molar-refractivity contribution in [3.05, 3.63) is 77.5 Å². The maximum Gasteiger partial charge on any atom is 0.387 e. The third kappa shape index (κ3) is 5.06. The lowest BCUT2D eigenvalue weighted by molar-refractivity contribution is -0.0495. The monoisotopic (exact) mass is 391 g/mol. The van der Waals surface area contributed by atoms with Gasteiger partial charge in [0.1, 0.15) is 23.9 Å². The van der Waals surface area contributed by atoms with Crippen molar-refractivity contribution in [3.8, 4) is 11.5 Å². The van der Waals surface area contributed by atoms with Gasteiger partial charge in [0.05, 0.1) is 5.69 Å². The molecule has 8 heteroatoms. The second kappa shape index (κ2) is 8.51. The molecule has 1 aromatic heterocycles. The molecule has 0 saturated heterocycles. The highest BCUT2D eigenvalue weighted by Gasteiger charge is 2.17. The molecule has 0 radical (unpaired) electrons. The second-order valence-electron chi connectivity index (χ2n) is 5.84. The first kappa shape index (κ1) is 19.3. The van der Waals surface area contributed by atoms with Crippen LogP contribution < -0.4 is 14.8 Å². The SMILES string of the molecule is Cc1cccc(OCc2ccc(C(=O)Nc3ccc(F)cc3OC(F)F)o2)c1. The molecule has 146 valence electrons. The van der Waals surface area contributed by atoms with Gasteiger partial charge >= 0.3 is 6.61 Å². The minimum atomic E-state index is -3.16. The van der Waals surface area contributed by atoms with E-state index in [0.717, 1.165) is 23.8 Å². The zero-order chi connectivity index (χ0) is 20.1. The van der Waals surface area contributed by atoms with Gasteiger partial charge in [0.25, 0.3) is 5.91 Å². The van der Waals surface area contributed by atoms with Crippen molar-refractivity contribution in [3.63, 3.8) is 0 Å². The average Bonchev–Trinajstić information content (AvgIpc) is 3.11. The number of hydrogen-bond donors (Lipinski definition) is 1. The number of nitrogens with one attached hydrogen (secondary N) is 1. The number of anilines is 1. The lowest BCUT2D eigenvalue weighted by Gasteiger charge is -2.11. The number of rotatable bonds is 7. The summed E-state index contributed by atoms with van der Waals surface area (Å²) < 4.78 is 53.4. The molecular formula is C20H16F3NO4. The summed E-state index contributed by atoms with van der Waals surface area (Å²) in [5.41, 5.74) is 0.929. The van der Waals surface area contributed by atoms with E-state index in [4.69, 9.17) is 9.15 Å². The van der Waals surface area contributed by atoms with Gasteiger partial charge in [0, 0.05) is 6.07 Å². The molecule has 0 bridgehead atoms. The van der Waals surface area contributed by atoms with Gasteiger partial charge in [-0.25, -0.2) is 4.39 Å². The van der Waals surface area contributed by atoms with Gasteiger partial charge in [0.15, 0.2) is 11.5 Å². The number of aryl methyl sites for hydroxylation is 1. The fourth-order valence-corrected chi connectivity index (χ4v) is 2.41. The molecule has 0 saturated carbocycles. The molecule has 0 aliphatic rings. The van der Waals surface area contributed by atoms with Crippen molar-refractivity contribution >= 4 is 11.6 Å². The Balaban J connectivity index is 1.66. The smallest absolute Gasteiger partial charge is 0.387 e. The molecule has 0 spiro atoms. The summed E-state index contributed by atoms with van der Waals surface area (Å²) in [4.78, 5) is 12.3. The van der Waals surface area contributed by atoms with Gasteiger partial charge < -0.3 is 19.2 Å². The van der Waals surface area contributed by atoms with Crippen LogP contribution in [0.4, 0.5) is 18.9 Å². The molecule has 0 fully saturated rings. The van der Waals surface area contributed by atoms with Crippen LogP contribution in [0.1, 0.15) is 21.9 Å². The maximum absolute atomic E-state index is 13.2. The molecular weight excluding hydrogens is 375 g/mol. The number of alkyl halides is 2. The number of ether oxygens (including phenoxy) is 2. The van der Waals surface area contributed by atoms with Crippen molar-refractivity contribution in [2.75, 3.05) is 5.32 Å². The molecule has 1 heterocycles. The summed E-state index contributed by atoms with van der Waals surface area (Å²) >= 11 is 0. The van der Waals surface area contributed by atoms with Gasteiger partial charge in [-0.05, 0) is 48.9 Å². The van der Waals surface area contributed by atoms with Crippen LogP contribution in [0, 0.1) is 12.7 Å². The van der Waals surface area contributed by atoms with E-state index in [0.29, 0.717) is 11.5 Å². The molecule has 1 amide bonds. The van der Waals surface area contributed by atoms with Crippen LogP contribution in [0.2, 0.25) is 0 Å². The van der Waals surface area contributed by atoms with Gasteiger partial charge in [-0.3, -0.25) is 4.79 Å². The van der Waals surface area contributed by atoms with Gasteiger partial charge in [-0.15, -0.1) is 0 Å². The third-order valence-corrected chi connectivity index (χ3v) is 3.66. The van der Waals surface area contributed by atoms with Gasteiger partial charge in [0.2, 0.25) is 0 Å². The summed E-state index contributed by atoms with van der Waals surface area (Å²) in [5, 5.41) is 2.36. The highest BCUT2D eigenvalue weighted by atomic mass is 19.3. The van der Waals surface area contributed by atoms with Crippen molar-refractivity contribution in [2.45, 2.75) is 20.1 Å². The van der Waals surface area contributed by atoms with Crippen LogP contribution in [-0.4, -0.2) is 12.5 Å². The summed E-state index contributed by atoms with van der Waals surface area (Å²) in [7, 11) is 0. The molecule has 28 heavy (non-hydrogen) atoms. The highest BCUT2D eigenvalue weighted by molar-refractivity contribution is 6.03. The number of halogens is 3. The van der Waals surface area contributed by atoms with E-state index in [1.165, 1.54) is 6.07 Å². The first-order valence-corrected chi connectivity index (χ1v) is 8.24. The van der Waals surface area contributed by atoms with Crippen molar-refractivity contribution in [1.82, 2.24) is 0 Å². The molecule has 1 N–H and O–H groups in total. The molecule has 3 rings (SSSR count). The van der Waals surface area contributed by atoms with Crippen molar-refractivity contribution in [1.29, 1.82) is 0 Å². The van der Waals surface area contributed by atoms with Crippen LogP contribution in [0.25, 0.3) is 0 Å². The summed E-state index contributed by atoms with van der Waals surface area (Å²) in [5.74, 6) is -0.972. The van der Waals surface area contributed by atoms with E-state index >= 15 is 0 Å². The van der Waals surface area contributed by atoms with Crippen LogP contribution in [-0.2, 0) is 6.61 Å². The van der Waals surface area contributed by atoms with E-state index in [1.54, 1.807) is 12.1 Å². The van der Waals surface area contributed by atoms with Gasteiger partial charge in [-0.1, -0.05) is 12.1 Å². The lowest BCUT2D eigenvalue weighted by Crippen LogP contribution is -2.13. The van der Waals surface area contributed by atoms with Crippen LogP contribution >= 0.6 is 0 Å². The first-order chi connectivity index (χ1) is 13.4. The van der Waals surface area contributed by atoms with Crippen LogP contribution in [0.15, 0.2) is 59.0 Å². The number of hydrogen-bond acceptors (Lipinski definition) is 4. The zero-order valence-corrected chi connectivity index (χ0v) is 14.7. The Labute approximate surface area is 158 Å². The minimum Gasteiger partial charge on any atom is -0.486 e. The second-order valence-corrected chi connectivity index (χ2v) is 5.84. The van der Waals surface area contributed by atoms with E-state index < -0.39 is 24.1 Å². The minimum absolute atomic E-state index is 0.0600. The predicted molar refractivity (Wildman–Crippen MR) is 95.2 cm³/mol. The first-order valence-electron chi connectivity index (χ1n) is 8.24. The number of carbonyl (C=O) groups excluding carboxylic acids is 1. The Hall–Kier alpha value is -3.42. The van der Waals surface area contributed by atoms with Crippen molar-refractivity contribution in [2.24, 2.45) is 0 Å². The topological polar surface area (TPSA) is 60.7 Å².